The Morgan fingerprint density at radius 1 is 1.05 bits per heavy atom. The lowest BCUT2D eigenvalue weighted by Gasteiger charge is -2.42. The number of carboxylic acid groups (broad SMARTS) is 1. The number of ether oxygens (including phenoxy) is 3. The topological polar surface area (TPSA) is 90.2 Å². The first-order chi connectivity index (χ1) is 17.7. The molecule has 0 spiro atoms. The molecule has 192 valence electrons. The van der Waals surface area contributed by atoms with Gasteiger partial charge in [0, 0.05) is 29.1 Å². The number of hydrogen-bond donors (Lipinski definition) is 2. The van der Waals surface area contributed by atoms with Gasteiger partial charge in [0.25, 0.3) is 0 Å². The molecule has 3 aromatic carbocycles. The Morgan fingerprint density at radius 3 is 2.38 bits per heavy atom. The number of rotatable bonds is 7. The average Bonchev–Trinajstić information content (AvgIpc) is 3.19. The van der Waals surface area contributed by atoms with E-state index in [-0.39, 0.29) is 22.8 Å². The lowest BCUT2D eigenvalue weighted by molar-refractivity contribution is -0.0644. The van der Waals surface area contributed by atoms with E-state index in [1.165, 1.54) is 38.5 Å². The zero-order valence-electron chi connectivity index (χ0n) is 20.5. The second kappa shape index (κ2) is 9.08. The van der Waals surface area contributed by atoms with Gasteiger partial charge in [-0.3, -0.25) is 0 Å². The monoisotopic (exact) mass is 509 g/mol. The number of phenols is 1. The van der Waals surface area contributed by atoms with Crippen LogP contribution in [0.2, 0.25) is 0 Å². The van der Waals surface area contributed by atoms with Crippen LogP contribution in [-0.4, -0.2) is 48.2 Å². The molecular formula is C28H25F2NO6. The Labute approximate surface area is 211 Å². The van der Waals surface area contributed by atoms with Gasteiger partial charge in [0.05, 0.1) is 43.8 Å². The molecule has 1 aromatic heterocycles. The molecule has 1 aliphatic rings. The Bertz CT molecular complexity index is 1530. The quantitative estimate of drug-likeness (QED) is 0.334. The predicted molar refractivity (Wildman–Crippen MR) is 133 cm³/mol. The highest BCUT2D eigenvalue weighted by molar-refractivity contribution is 6.04. The number of benzene rings is 3. The van der Waals surface area contributed by atoms with Crippen LogP contribution in [0.1, 0.15) is 29.4 Å². The summed E-state index contributed by atoms with van der Waals surface area (Å²) in [7, 11) is 2.73. The van der Waals surface area contributed by atoms with Gasteiger partial charge in [0.15, 0.2) is 11.6 Å². The first-order valence-electron chi connectivity index (χ1n) is 11.7. The number of fused-ring (bicyclic) bond motifs is 1. The van der Waals surface area contributed by atoms with Crippen molar-refractivity contribution in [1.29, 1.82) is 0 Å². The van der Waals surface area contributed by atoms with Crippen molar-refractivity contribution >= 4 is 16.9 Å². The van der Waals surface area contributed by atoms with Crippen molar-refractivity contribution in [2.24, 2.45) is 0 Å². The molecule has 37 heavy (non-hydrogen) atoms. The second-order valence-electron chi connectivity index (χ2n) is 9.04. The molecule has 0 unspecified atom stereocenters. The van der Waals surface area contributed by atoms with E-state index >= 15 is 0 Å². The maximum atomic E-state index is 14.7. The largest absolute Gasteiger partial charge is 0.507 e. The number of phenolic OH excluding ortho intramolecular Hbond substituents is 1. The molecule has 0 amide bonds. The molecule has 0 radical (unpaired) electrons. The van der Waals surface area contributed by atoms with Crippen LogP contribution in [0.15, 0.2) is 48.5 Å². The minimum absolute atomic E-state index is 0.00960. The minimum Gasteiger partial charge on any atom is -0.507 e. The highest BCUT2D eigenvalue weighted by atomic mass is 19.1. The summed E-state index contributed by atoms with van der Waals surface area (Å²) in [6.07, 6.45) is 0.655. The second-order valence-corrected chi connectivity index (χ2v) is 9.04. The maximum absolute atomic E-state index is 14.7. The Morgan fingerprint density at radius 2 is 1.78 bits per heavy atom. The molecule has 5 rings (SSSR count). The van der Waals surface area contributed by atoms with E-state index in [0.29, 0.717) is 47.4 Å². The van der Waals surface area contributed by atoms with Gasteiger partial charge in [0.1, 0.15) is 22.9 Å². The maximum Gasteiger partial charge on any atom is 0.339 e. The molecule has 2 N–H and O–H groups in total. The van der Waals surface area contributed by atoms with E-state index in [2.05, 4.69) is 0 Å². The van der Waals surface area contributed by atoms with E-state index in [1.54, 1.807) is 22.8 Å². The third-order valence-corrected chi connectivity index (χ3v) is 7.06. The Balaban J connectivity index is 1.96. The van der Waals surface area contributed by atoms with Gasteiger partial charge < -0.3 is 29.0 Å². The van der Waals surface area contributed by atoms with Crippen LogP contribution < -0.4 is 9.47 Å². The molecule has 7 nitrogen and oxygen atoms in total. The summed E-state index contributed by atoms with van der Waals surface area (Å²) in [4.78, 5) is 11.7. The van der Waals surface area contributed by atoms with Gasteiger partial charge in [0.2, 0.25) is 0 Å². The highest BCUT2D eigenvalue weighted by Crippen LogP contribution is 2.50. The summed E-state index contributed by atoms with van der Waals surface area (Å²) < 4.78 is 47.1. The summed E-state index contributed by atoms with van der Waals surface area (Å²) >= 11 is 0. The van der Waals surface area contributed by atoms with Crippen molar-refractivity contribution < 1.29 is 38.0 Å². The van der Waals surface area contributed by atoms with Crippen molar-refractivity contribution in [2.75, 3.05) is 27.4 Å². The molecule has 0 saturated carbocycles. The number of aromatic nitrogens is 1. The fraction of sp³-hybridized carbons (Fsp3) is 0.250. The molecule has 4 aromatic rings. The zero-order valence-corrected chi connectivity index (χ0v) is 20.5. The summed E-state index contributed by atoms with van der Waals surface area (Å²) in [6.45, 7) is 2.76. The van der Waals surface area contributed by atoms with Crippen LogP contribution in [0.5, 0.6) is 17.2 Å². The molecular weight excluding hydrogens is 484 g/mol. The van der Waals surface area contributed by atoms with E-state index in [1.807, 2.05) is 6.92 Å². The van der Waals surface area contributed by atoms with Crippen LogP contribution in [0.4, 0.5) is 8.78 Å². The van der Waals surface area contributed by atoms with Crippen molar-refractivity contribution in [3.05, 3.63) is 71.4 Å². The molecule has 2 heterocycles. The van der Waals surface area contributed by atoms with E-state index in [0.717, 1.165) is 11.8 Å². The van der Waals surface area contributed by atoms with Crippen molar-refractivity contribution in [3.8, 4) is 34.1 Å². The van der Waals surface area contributed by atoms with Crippen molar-refractivity contribution in [3.63, 3.8) is 0 Å². The first kappa shape index (κ1) is 24.6. The third kappa shape index (κ3) is 3.77. The number of halogens is 2. The number of methoxy groups -OCH3 is 2. The van der Waals surface area contributed by atoms with Crippen LogP contribution in [-0.2, 0) is 10.2 Å². The lowest BCUT2D eigenvalue weighted by Crippen LogP contribution is -2.47. The summed E-state index contributed by atoms with van der Waals surface area (Å²) in [5.41, 5.74) is 2.19. The van der Waals surface area contributed by atoms with E-state index in [4.69, 9.17) is 14.2 Å². The van der Waals surface area contributed by atoms with Gasteiger partial charge in [-0.2, -0.15) is 0 Å². The number of aromatic hydroxyl groups is 1. The van der Waals surface area contributed by atoms with Gasteiger partial charge in [-0.25, -0.2) is 13.6 Å². The number of carboxylic acids is 1. The molecule has 1 fully saturated rings. The zero-order chi connectivity index (χ0) is 26.5. The van der Waals surface area contributed by atoms with Crippen molar-refractivity contribution in [1.82, 2.24) is 4.57 Å². The fourth-order valence-electron chi connectivity index (χ4n) is 5.08. The minimum atomic E-state index is -1.15. The van der Waals surface area contributed by atoms with E-state index < -0.39 is 23.0 Å². The third-order valence-electron chi connectivity index (χ3n) is 7.06. The van der Waals surface area contributed by atoms with Crippen LogP contribution in [0, 0.1) is 11.6 Å². The van der Waals surface area contributed by atoms with Gasteiger partial charge >= 0.3 is 5.97 Å². The molecule has 0 atom stereocenters. The molecule has 0 aliphatic carbocycles. The first-order valence-corrected chi connectivity index (χ1v) is 11.7. The molecule has 1 aliphatic heterocycles. The van der Waals surface area contributed by atoms with E-state index in [9.17, 15) is 23.8 Å². The molecule has 9 heteroatoms. The molecule has 1 saturated heterocycles. The van der Waals surface area contributed by atoms with Gasteiger partial charge in [-0.05, 0) is 42.3 Å². The predicted octanol–water partition coefficient (Wildman–Crippen LogP) is 5.67. The number of nitrogens with zero attached hydrogens (tertiary/aromatic N) is 1. The normalized spacial score (nSPS) is 14.4. The number of carbonyl (C=O) groups is 1. The number of aromatic carboxylic acids is 1. The fourth-order valence-corrected chi connectivity index (χ4v) is 5.08. The van der Waals surface area contributed by atoms with Gasteiger partial charge in [-0.1, -0.05) is 13.0 Å². The van der Waals surface area contributed by atoms with Crippen molar-refractivity contribution in [2.45, 2.75) is 18.8 Å². The average molecular weight is 510 g/mol. The SMILES string of the molecule is CCC1(c2c(-c3ccc(C(=O)O)c(OC)c3)c3c(O)cc(F)cc3n2-c2ccc(F)c(OC)c2)COC1. The Hall–Kier alpha value is -4.11. The molecule has 0 bridgehead atoms. The van der Waals surface area contributed by atoms with Crippen LogP contribution in [0.25, 0.3) is 27.7 Å². The summed E-state index contributed by atoms with van der Waals surface area (Å²) in [5.74, 6) is -2.49. The highest BCUT2D eigenvalue weighted by Gasteiger charge is 2.45. The smallest absolute Gasteiger partial charge is 0.339 e. The summed E-state index contributed by atoms with van der Waals surface area (Å²) in [5, 5.41) is 21.0. The number of hydrogen-bond acceptors (Lipinski definition) is 5. The van der Waals surface area contributed by atoms with Gasteiger partial charge in [-0.15, -0.1) is 0 Å². The van der Waals surface area contributed by atoms with Crippen LogP contribution in [0.3, 0.4) is 0 Å². The summed E-state index contributed by atoms with van der Waals surface area (Å²) in [6, 6.07) is 11.3. The van der Waals surface area contributed by atoms with Crippen LogP contribution >= 0.6 is 0 Å². The lowest BCUT2D eigenvalue weighted by atomic mass is 9.76. The Kier molecular flexibility index (Phi) is 6.03. The standard InChI is InChI=1S/C28H25F2NO6/c1-4-28(13-37-14-28)26-24(15-5-7-18(27(33)34)22(9-15)35-2)25-20(10-16(29)11-21(25)32)31(26)17-6-8-19(30)23(12-17)36-3/h5-12,32H,4,13-14H2,1-3H3,(H,33,34).